The molecule has 2 rings (SSSR count). The van der Waals surface area contributed by atoms with Gasteiger partial charge in [0.1, 0.15) is 0 Å². The van der Waals surface area contributed by atoms with Crippen LogP contribution in [-0.4, -0.2) is 30.0 Å². The third-order valence-corrected chi connectivity index (χ3v) is 3.95. The van der Waals surface area contributed by atoms with E-state index in [0.29, 0.717) is 12.1 Å². The molecular formula is C19H20N2O5. The van der Waals surface area contributed by atoms with Crippen LogP contribution >= 0.6 is 0 Å². The third kappa shape index (κ3) is 5.14. The highest BCUT2D eigenvalue weighted by molar-refractivity contribution is 5.92. The lowest BCUT2D eigenvalue weighted by Gasteiger charge is -2.13. The Morgan fingerprint density at radius 2 is 1.88 bits per heavy atom. The fourth-order valence-electron chi connectivity index (χ4n) is 2.36. The molecule has 0 fully saturated rings. The molecule has 0 unspecified atom stereocenters. The number of ether oxygens (including phenoxy) is 1. The van der Waals surface area contributed by atoms with Gasteiger partial charge in [0.2, 0.25) is 0 Å². The van der Waals surface area contributed by atoms with E-state index >= 15 is 0 Å². The van der Waals surface area contributed by atoms with Gasteiger partial charge in [-0.1, -0.05) is 43.3 Å². The number of nitrogens with one attached hydrogen (secondary N) is 1. The SMILES string of the molecule is Cc1ccc(C(=O)OCC(=O)NC[C@H](C)c2ccccc2)cc1[N+](=O)[O-]. The standard InChI is InChI=1S/C19H20N2O5/c1-13-8-9-16(10-17(13)21(24)25)19(23)26-12-18(22)20-11-14(2)15-6-4-3-5-7-15/h3-10,14H,11-12H2,1-2H3,(H,20,22)/t14-/m0/s1. The monoisotopic (exact) mass is 356 g/mol. The molecule has 0 aromatic heterocycles. The van der Waals surface area contributed by atoms with Crippen LogP contribution in [-0.2, 0) is 9.53 Å². The molecule has 0 aliphatic rings. The zero-order valence-electron chi connectivity index (χ0n) is 14.6. The summed E-state index contributed by atoms with van der Waals surface area (Å²) in [5.74, 6) is -1.09. The largest absolute Gasteiger partial charge is 0.452 e. The summed E-state index contributed by atoms with van der Waals surface area (Å²) < 4.78 is 4.93. The number of amides is 1. The van der Waals surface area contributed by atoms with Gasteiger partial charge in [-0.25, -0.2) is 4.79 Å². The predicted octanol–water partition coefficient (Wildman–Crippen LogP) is 2.98. The van der Waals surface area contributed by atoms with Crippen molar-refractivity contribution in [1.29, 1.82) is 0 Å². The van der Waals surface area contributed by atoms with Gasteiger partial charge in [-0.3, -0.25) is 14.9 Å². The minimum absolute atomic E-state index is 0.0350. The van der Waals surface area contributed by atoms with E-state index in [0.717, 1.165) is 11.6 Å². The second-order valence-corrected chi connectivity index (χ2v) is 5.95. The van der Waals surface area contributed by atoms with E-state index in [4.69, 9.17) is 4.74 Å². The van der Waals surface area contributed by atoms with Crippen LogP contribution in [0.5, 0.6) is 0 Å². The number of carbonyl (C=O) groups excluding carboxylic acids is 2. The van der Waals surface area contributed by atoms with Crippen LogP contribution in [0, 0.1) is 17.0 Å². The number of nitro groups is 1. The predicted molar refractivity (Wildman–Crippen MR) is 96.0 cm³/mol. The quantitative estimate of drug-likeness (QED) is 0.467. The highest BCUT2D eigenvalue weighted by atomic mass is 16.6. The van der Waals surface area contributed by atoms with Gasteiger partial charge in [0.25, 0.3) is 11.6 Å². The van der Waals surface area contributed by atoms with Crippen LogP contribution in [0.1, 0.15) is 34.3 Å². The molecule has 136 valence electrons. The Labute approximate surface area is 151 Å². The number of nitrogens with zero attached hydrogens (tertiary/aromatic N) is 1. The van der Waals surface area contributed by atoms with Crippen molar-refractivity contribution in [2.24, 2.45) is 0 Å². The van der Waals surface area contributed by atoms with Crippen molar-refractivity contribution in [2.45, 2.75) is 19.8 Å². The van der Waals surface area contributed by atoms with E-state index in [2.05, 4.69) is 5.32 Å². The van der Waals surface area contributed by atoms with E-state index in [-0.39, 0.29) is 17.2 Å². The Balaban J connectivity index is 1.84. The molecule has 0 bridgehead atoms. The number of aryl methyl sites for hydroxylation is 1. The smallest absolute Gasteiger partial charge is 0.338 e. The first-order valence-corrected chi connectivity index (χ1v) is 8.12. The van der Waals surface area contributed by atoms with E-state index in [1.165, 1.54) is 12.1 Å². The number of benzene rings is 2. The molecule has 0 radical (unpaired) electrons. The lowest BCUT2D eigenvalue weighted by atomic mass is 10.0. The van der Waals surface area contributed by atoms with Crippen molar-refractivity contribution >= 4 is 17.6 Å². The van der Waals surface area contributed by atoms with E-state index < -0.39 is 23.4 Å². The number of esters is 1. The summed E-state index contributed by atoms with van der Waals surface area (Å²) in [5.41, 5.74) is 1.41. The second kappa shape index (κ2) is 8.75. The van der Waals surface area contributed by atoms with Gasteiger partial charge >= 0.3 is 5.97 Å². The van der Waals surface area contributed by atoms with Crippen molar-refractivity contribution < 1.29 is 19.2 Å². The molecule has 1 amide bonds. The first kappa shape index (κ1) is 19.1. The number of hydrogen-bond acceptors (Lipinski definition) is 5. The molecule has 0 saturated heterocycles. The van der Waals surface area contributed by atoms with Crippen LogP contribution in [0.25, 0.3) is 0 Å². The molecule has 0 heterocycles. The van der Waals surface area contributed by atoms with Crippen molar-refractivity contribution in [2.75, 3.05) is 13.2 Å². The summed E-state index contributed by atoms with van der Waals surface area (Å²) in [5, 5.41) is 13.6. The molecule has 2 aromatic carbocycles. The zero-order valence-corrected chi connectivity index (χ0v) is 14.6. The molecule has 26 heavy (non-hydrogen) atoms. The molecular weight excluding hydrogens is 336 g/mol. The van der Waals surface area contributed by atoms with Gasteiger partial charge in [0.15, 0.2) is 6.61 Å². The fourth-order valence-corrected chi connectivity index (χ4v) is 2.36. The number of nitro benzene ring substituents is 1. The summed E-state index contributed by atoms with van der Waals surface area (Å²) in [6.07, 6.45) is 0. The summed E-state index contributed by atoms with van der Waals surface area (Å²) >= 11 is 0. The van der Waals surface area contributed by atoms with Gasteiger partial charge in [-0.05, 0) is 24.5 Å². The molecule has 0 spiro atoms. The second-order valence-electron chi connectivity index (χ2n) is 5.95. The van der Waals surface area contributed by atoms with Gasteiger partial charge in [-0.15, -0.1) is 0 Å². The highest BCUT2D eigenvalue weighted by Crippen LogP contribution is 2.19. The van der Waals surface area contributed by atoms with Gasteiger partial charge in [0.05, 0.1) is 10.5 Å². The van der Waals surface area contributed by atoms with Gasteiger partial charge < -0.3 is 10.1 Å². The Morgan fingerprint density at radius 3 is 2.54 bits per heavy atom. The maximum Gasteiger partial charge on any atom is 0.338 e. The Kier molecular flexibility index (Phi) is 6.43. The number of carbonyl (C=O) groups is 2. The Bertz CT molecular complexity index is 805. The van der Waals surface area contributed by atoms with Gasteiger partial charge in [0, 0.05) is 18.2 Å². The van der Waals surface area contributed by atoms with Crippen molar-refractivity contribution in [1.82, 2.24) is 5.32 Å². The maximum atomic E-state index is 12.0. The number of rotatable bonds is 7. The van der Waals surface area contributed by atoms with E-state index in [1.54, 1.807) is 6.92 Å². The minimum atomic E-state index is -0.778. The Hall–Kier alpha value is -3.22. The van der Waals surface area contributed by atoms with Crippen LogP contribution < -0.4 is 5.32 Å². The molecule has 0 aliphatic carbocycles. The normalized spacial score (nSPS) is 11.5. The van der Waals surface area contributed by atoms with Crippen LogP contribution in [0.2, 0.25) is 0 Å². The molecule has 7 nitrogen and oxygen atoms in total. The third-order valence-electron chi connectivity index (χ3n) is 3.95. The summed E-state index contributed by atoms with van der Waals surface area (Å²) in [4.78, 5) is 34.2. The van der Waals surface area contributed by atoms with Crippen LogP contribution in [0.15, 0.2) is 48.5 Å². The van der Waals surface area contributed by atoms with Crippen LogP contribution in [0.3, 0.4) is 0 Å². The number of hydrogen-bond donors (Lipinski definition) is 1. The van der Waals surface area contributed by atoms with E-state index in [9.17, 15) is 19.7 Å². The topological polar surface area (TPSA) is 98.5 Å². The summed E-state index contributed by atoms with van der Waals surface area (Å²) in [6, 6.07) is 13.8. The highest BCUT2D eigenvalue weighted by Gasteiger charge is 2.17. The van der Waals surface area contributed by atoms with Crippen molar-refractivity contribution in [3.8, 4) is 0 Å². The molecule has 7 heteroatoms. The summed E-state index contributed by atoms with van der Waals surface area (Å²) in [6.45, 7) is 3.53. The fraction of sp³-hybridized carbons (Fsp3) is 0.263. The minimum Gasteiger partial charge on any atom is -0.452 e. The maximum absolute atomic E-state index is 12.0. The Morgan fingerprint density at radius 1 is 1.19 bits per heavy atom. The van der Waals surface area contributed by atoms with Crippen molar-refractivity contribution in [3.05, 3.63) is 75.3 Å². The first-order chi connectivity index (χ1) is 12.4. The van der Waals surface area contributed by atoms with Crippen molar-refractivity contribution in [3.63, 3.8) is 0 Å². The molecule has 1 N–H and O–H groups in total. The molecule has 0 aliphatic heterocycles. The average molecular weight is 356 g/mol. The molecule has 2 aromatic rings. The lowest BCUT2D eigenvalue weighted by molar-refractivity contribution is -0.385. The van der Waals surface area contributed by atoms with Gasteiger partial charge in [-0.2, -0.15) is 0 Å². The van der Waals surface area contributed by atoms with Crippen LogP contribution in [0.4, 0.5) is 5.69 Å². The first-order valence-electron chi connectivity index (χ1n) is 8.12. The molecule has 0 saturated carbocycles. The van der Waals surface area contributed by atoms with E-state index in [1.807, 2.05) is 37.3 Å². The zero-order chi connectivity index (χ0) is 19.1. The lowest BCUT2D eigenvalue weighted by Crippen LogP contribution is -2.31. The average Bonchev–Trinajstić information content (AvgIpc) is 2.64. The summed E-state index contributed by atoms with van der Waals surface area (Å²) in [7, 11) is 0. The molecule has 1 atom stereocenters.